The second-order valence-corrected chi connectivity index (χ2v) is 9.41. The molecule has 2 unspecified atom stereocenters. The quantitative estimate of drug-likeness (QED) is 0.635. The van der Waals surface area contributed by atoms with E-state index in [1.165, 1.54) is 0 Å². The molecule has 35 heavy (non-hydrogen) atoms. The fourth-order valence-corrected chi connectivity index (χ4v) is 3.92. The molecule has 0 spiro atoms. The lowest BCUT2D eigenvalue weighted by molar-refractivity contribution is -0.0586. The number of carbonyl (C=O) groups excluding carboxylic acids is 3. The van der Waals surface area contributed by atoms with Gasteiger partial charge < -0.3 is 25.2 Å². The van der Waals surface area contributed by atoms with Gasteiger partial charge in [0.15, 0.2) is 0 Å². The Bertz CT molecular complexity index is 1010. The number of morpholine rings is 1. The molecule has 1 saturated heterocycles. The maximum atomic E-state index is 12.8. The van der Waals surface area contributed by atoms with Crippen molar-refractivity contribution in [2.45, 2.75) is 59.0 Å². The molecule has 3 rings (SSSR count). The van der Waals surface area contributed by atoms with Crippen molar-refractivity contribution in [1.29, 1.82) is 0 Å². The summed E-state index contributed by atoms with van der Waals surface area (Å²) in [5.74, 6) is -0.0353. The van der Waals surface area contributed by atoms with Gasteiger partial charge >= 0.3 is 6.03 Å². The molecule has 2 aromatic carbocycles. The largest absolute Gasteiger partial charge is 0.372 e. The molecule has 0 aromatic heterocycles. The first-order valence-electron chi connectivity index (χ1n) is 12.1. The molecule has 0 bridgehead atoms. The highest BCUT2D eigenvalue weighted by Gasteiger charge is 2.26. The van der Waals surface area contributed by atoms with Crippen molar-refractivity contribution in [3.63, 3.8) is 0 Å². The number of rotatable bonds is 7. The topological polar surface area (TPSA) is 91.0 Å². The summed E-state index contributed by atoms with van der Waals surface area (Å²) < 4.78 is 5.70. The summed E-state index contributed by atoms with van der Waals surface area (Å²) >= 11 is 0. The maximum Gasteiger partial charge on any atom is 0.315 e. The van der Waals surface area contributed by atoms with Gasteiger partial charge in [-0.15, -0.1) is 0 Å². The Balaban J connectivity index is 1.44. The van der Waals surface area contributed by atoms with Gasteiger partial charge in [0.25, 0.3) is 11.8 Å². The summed E-state index contributed by atoms with van der Waals surface area (Å²) in [6.07, 6.45) is 0.0494. The van der Waals surface area contributed by atoms with Gasteiger partial charge in [-0.2, -0.15) is 0 Å². The van der Waals surface area contributed by atoms with Crippen LogP contribution in [0.1, 0.15) is 59.5 Å². The number of hydrogen-bond acceptors (Lipinski definition) is 4. The number of hydrogen-bond donors (Lipinski definition) is 2. The van der Waals surface area contributed by atoms with Gasteiger partial charge in [0.1, 0.15) is 0 Å². The maximum absolute atomic E-state index is 12.8. The minimum atomic E-state index is -0.291. The lowest BCUT2D eigenvalue weighted by Gasteiger charge is -2.35. The van der Waals surface area contributed by atoms with Gasteiger partial charge in [-0.25, -0.2) is 4.79 Å². The number of urea groups is 1. The van der Waals surface area contributed by atoms with Crippen LogP contribution in [0.5, 0.6) is 0 Å². The minimum Gasteiger partial charge on any atom is -0.372 e. The van der Waals surface area contributed by atoms with E-state index >= 15 is 0 Å². The zero-order valence-electron chi connectivity index (χ0n) is 21.2. The van der Waals surface area contributed by atoms with Crippen LogP contribution in [0.2, 0.25) is 0 Å². The molecule has 8 nitrogen and oxygen atoms in total. The highest BCUT2D eigenvalue weighted by molar-refractivity contribution is 5.94. The number of carbonyl (C=O) groups is 3. The van der Waals surface area contributed by atoms with Crippen LogP contribution in [0.25, 0.3) is 0 Å². The zero-order valence-corrected chi connectivity index (χ0v) is 21.2. The van der Waals surface area contributed by atoms with Crippen molar-refractivity contribution in [1.82, 2.24) is 20.4 Å². The first-order chi connectivity index (χ1) is 16.6. The third kappa shape index (κ3) is 7.29. The molecular formula is C27H36N4O4. The third-order valence-electron chi connectivity index (χ3n) is 6.11. The van der Waals surface area contributed by atoms with Crippen LogP contribution in [-0.2, 0) is 17.8 Å². The standard InChI is InChI=1S/C27H36N4O4/c1-18(2)30(5)25(32)23-10-6-21(7-11-23)14-28-27(34)29-15-22-8-12-24(13-9-22)26(33)31-16-19(3)35-20(4)17-31/h6-13,18-20H,14-17H2,1-5H3,(H2,28,29,34). The van der Waals surface area contributed by atoms with Crippen molar-refractivity contribution >= 4 is 17.8 Å². The summed E-state index contributed by atoms with van der Waals surface area (Å²) in [6, 6.07) is 14.4. The van der Waals surface area contributed by atoms with E-state index in [1.54, 1.807) is 36.2 Å². The van der Waals surface area contributed by atoms with Crippen LogP contribution in [0.3, 0.4) is 0 Å². The normalized spacial score (nSPS) is 17.7. The Morgan fingerprint density at radius 1 is 0.886 bits per heavy atom. The number of ether oxygens (including phenoxy) is 1. The van der Waals surface area contributed by atoms with Gasteiger partial charge in [0, 0.05) is 50.4 Å². The molecule has 0 radical (unpaired) electrons. The number of amides is 4. The fourth-order valence-electron chi connectivity index (χ4n) is 3.92. The van der Waals surface area contributed by atoms with Crippen molar-refractivity contribution in [3.8, 4) is 0 Å². The molecule has 2 atom stereocenters. The van der Waals surface area contributed by atoms with Crippen molar-refractivity contribution in [2.75, 3.05) is 20.1 Å². The number of benzene rings is 2. The average Bonchev–Trinajstić information content (AvgIpc) is 2.84. The number of nitrogens with zero attached hydrogens (tertiary/aromatic N) is 2. The predicted octanol–water partition coefficient (Wildman–Crippen LogP) is 3.42. The van der Waals surface area contributed by atoms with E-state index in [2.05, 4.69) is 10.6 Å². The SMILES string of the molecule is CC1CN(C(=O)c2ccc(CNC(=O)NCc3ccc(C(=O)N(C)C(C)C)cc3)cc2)CC(C)O1. The monoisotopic (exact) mass is 480 g/mol. The second kappa shape index (κ2) is 11.8. The Hall–Kier alpha value is -3.39. The first-order valence-corrected chi connectivity index (χ1v) is 12.1. The van der Waals surface area contributed by atoms with Crippen molar-refractivity contribution in [3.05, 3.63) is 70.8 Å². The van der Waals surface area contributed by atoms with Crippen LogP contribution in [0, 0.1) is 0 Å². The van der Waals surface area contributed by atoms with Crippen LogP contribution >= 0.6 is 0 Å². The van der Waals surface area contributed by atoms with E-state index in [-0.39, 0.29) is 36.1 Å². The van der Waals surface area contributed by atoms with Gasteiger partial charge in [-0.1, -0.05) is 24.3 Å². The molecule has 0 saturated carbocycles. The molecular weight excluding hydrogens is 444 g/mol. The molecule has 0 aliphatic carbocycles. The van der Waals surface area contributed by atoms with Gasteiger partial charge in [0.05, 0.1) is 12.2 Å². The highest BCUT2D eigenvalue weighted by Crippen LogP contribution is 2.15. The molecule has 1 aliphatic heterocycles. The Morgan fingerprint density at radius 2 is 1.34 bits per heavy atom. The third-order valence-corrected chi connectivity index (χ3v) is 6.11. The Labute approximate surface area is 207 Å². The van der Waals surface area contributed by atoms with Crippen LogP contribution in [-0.4, -0.2) is 66.0 Å². The molecule has 2 N–H and O–H groups in total. The molecule has 4 amide bonds. The zero-order chi connectivity index (χ0) is 25.5. The van der Waals surface area contributed by atoms with E-state index in [1.807, 2.05) is 56.9 Å². The van der Waals surface area contributed by atoms with E-state index < -0.39 is 0 Å². The molecule has 1 fully saturated rings. The second-order valence-electron chi connectivity index (χ2n) is 9.41. The summed E-state index contributed by atoms with van der Waals surface area (Å²) in [5.41, 5.74) is 3.05. The van der Waals surface area contributed by atoms with Crippen LogP contribution < -0.4 is 10.6 Å². The lowest BCUT2D eigenvalue weighted by atomic mass is 10.1. The van der Waals surface area contributed by atoms with E-state index in [0.29, 0.717) is 37.3 Å². The summed E-state index contributed by atoms with van der Waals surface area (Å²) in [7, 11) is 1.78. The molecule has 188 valence electrons. The Kier molecular flexibility index (Phi) is 8.87. The van der Waals surface area contributed by atoms with Crippen LogP contribution in [0.15, 0.2) is 48.5 Å². The number of nitrogens with one attached hydrogen (secondary N) is 2. The molecule has 1 aliphatic rings. The van der Waals surface area contributed by atoms with Crippen molar-refractivity contribution < 1.29 is 19.1 Å². The molecule has 8 heteroatoms. The average molecular weight is 481 g/mol. The van der Waals surface area contributed by atoms with Gasteiger partial charge in [0.2, 0.25) is 0 Å². The highest BCUT2D eigenvalue weighted by atomic mass is 16.5. The van der Waals surface area contributed by atoms with Gasteiger partial charge in [-0.3, -0.25) is 9.59 Å². The first kappa shape index (κ1) is 26.2. The summed E-state index contributed by atoms with van der Waals surface area (Å²) in [5, 5.41) is 5.65. The van der Waals surface area contributed by atoms with E-state index in [4.69, 9.17) is 4.74 Å². The Morgan fingerprint density at radius 3 is 1.80 bits per heavy atom. The van der Waals surface area contributed by atoms with E-state index in [0.717, 1.165) is 11.1 Å². The lowest BCUT2D eigenvalue weighted by Crippen LogP contribution is -2.48. The predicted molar refractivity (Wildman–Crippen MR) is 135 cm³/mol. The summed E-state index contributed by atoms with van der Waals surface area (Å²) in [4.78, 5) is 40.9. The fraction of sp³-hybridized carbons (Fsp3) is 0.444. The smallest absolute Gasteiger partial charge is 0.315 e. The summed E-state index contributed by atoms with van der Waals surface area (Å²) in [6.45, 7) is 9.74. The van der Waals surface area contributed by atoms with Gasteiger partial charge in [-0.05, 0) is 63.1 Å². The van der Waals surface area contributed by atoms with E-state index in [9.17, 15) is 14.4 Å². The van der Waals surface area contributed by atoms with Crippen LogP contribution in [0.4, 0.5) is 4.79 Å². The minimum absolute atomic E-state index is 0.00665. The molecule has 1 heterocycles. The molecule has 2 aromatic rings. The van der Waals surface area contributed by atoms with Crippen molar-refractivity contribution in [2.24, 2.45) is 0 Å².